The fourth-order valence-corrected chi connectivity index (χ4v) is 5.48. The highest BCUT2D eigenvalue weighted by Crippen LogP contribution is 2.52. The van der Waals surface area contributed by atoms with E-state index in [0.717, 1.165) is 24.9 Å². The number of hydrogen-bond acceptors (Lipinski definition) is 1. The van der Waals surface area contributed by atoms with Gasteiger partial charge in [0.15, 0.2) is 0 Å². The van der Waals surface area contributed by atoms with Crippen LogP contribution in [0.15, 0.2) is 30.5 Å². The van der Waals surface area contributed by atoms with Crippen LogP contribution in [-0.2, 0) is 11.2 Å². The number of aromatic amines is 1. The first kappa shape index (κ1) is 15.7. The summed E-state index contributed by atoms with van der Waals surface area (Å²) >= 11 is 0. The number of carbonyl (C=O) groups excluding carboxylic acids is 1. The number of para-hydroxylation sites is 1. The summed E-state index contributed by atoms with van der Waals surface area (Å²) in [4.78, 5) is 18.4. The lowest BCUT2D eigenvalue weighted by Gasteiger charge is -2.39. The summed E-state index contributed by atoms with van der Waals surface area (Å²) in [6.45, 7) is 8.04. The second kappa shape index (κ2) is 5.37. The van der Waals surface area contributed by atoms with Gasteiger partial charge >= 0.3 is 0 Å². The fourth-order valence-electron chi connectivity index (χ4n) is 5.48. The minimum atomic E-state index is 0.322. The van der Waals surface area contributed by atoms with Crippen molar-refractivity contribution < 1.29 is 4.79 Å². The third-order valence-corrected chi connectivity index (χ3v) is 6.02. The molecule has 1 aromatic heterocycles. The number of benzene rings is 1. The molecule has 1 N–H and O–H groups in total. The highest BCUT2D eigenvalue weighted by molar-refractivity contribution is 5.84. The van der Waals surface area contributed by atoms with Gasteiger partial charge in [0, 0.05) is 36.1 Å². The Morgan fingerprint density at radius 3 is 2.88 bits per heavy atom. The smallest absolute Gasteiger partial charge is 0.223 e. The lowest BCUT2D eigenvalue weighted by Crippen LogP contribution is -2.37. The van der Waals surface area contributed by atoms with E-state index in [2.05, 4.69) is 55.1 Å². The van der Waals surface area contributed by atoms with E-state index in [9.17, 15) is 4.79 Å². The number of hydrogen-bond donors (Lipinski definition) is 1. The van der Waals surface area contributed by atoms with Gasteiger partial charge in [0.25, 0.3) is 0 Å². The molecule has 24 heavy (non-hydrogen) atoms. The van der Waals surface area contributed by atoms with Crippen molar-refractivity contribution in [3.05, 3.63) is 36.0 Å². The molecule has 0 unspecified atom stereocenters. The van der Waals surface area contributed by atoms with E-state index >= 15 is 0 Å². The Morgan fingerprint density at radius 2 is 2.04 bits per heavy atom. The molecule has 2 atom stereocenters. The van der Waals surface area contributed by atoms with Crippen LogP contribution in [0.5, 0.6) is 0 Å². The Hall–Kier alpha value is -1.77. The molecule has 1 aromatic carbocycles. The summed E-state index contributed by atoms with van der Waals surface area (Å²) in [5.74, 6) is 0.340. The number of H-pyrrole nitrogens is 1. The molecule has 3 heteroatoms. The van der Waals surface area contributed by atoms with Crippen molar-refractivity contribution in [1.82, 2.24) is 9.88 Å². The number of likely N-dealkylation sites (tertiary alicyclic amines) is 1. The number of carbonyl (C=O) groups is 1. The largest absolute Gasteiger partial charge is 0.361 e. The van der Waals surface area contributed by atoms with E-state index in [1.165, 1.54) is 23.8 Å². The summed E-state index contributed by atoms with van der Waals surface area (Å²) in [7, 11) is 0. The molecule has 128 valence electrons. The van der Waals surface area contributed by atoms with Crippen LogP contribution in [0.4, 0.5) is 0 Å². The van der Waals surface area contributed by atoms with E-state index in [-0.39, 0.29) is 0 Å². The average Bonchev–Trinajstić information content (AvgIpc) is 3.02. The molecule has 3 nitrogen and oxygen atoms in total. The van der Waals surface area contributed by atoms with Crippen LogP contribution in [0, 0.1) is 10.8 Å². The Kier molecular flexibility index (Phi) is 3.52. The van der Waals surface area contributed by atoms with E-state index in [1.54, 1.807) is 0 Å². The first-order valence-electron chi connectivity index (χ1n) is 9.20. The van der Waals surface area contributed by atoms with E-state index in [1.807, 2.05) is 6.07 Å². The SMILES string of the molecule is CC1(C)C[C@@H]2C[C@@](C)(CN2C(=O)CCc2c[nH]c3ccccc23)C1. The van der Waals surface area contributed by atoms with Crippen molar-refractivity contribution in [3.8, 4) is 0 Å². The quantitative estimate of drug-likeness (QED) is 0.885. The molecule has 2 heterocycles. The molecule has 2 fully saturated rings. The third-order valence-electron chi connectivity index (χ3n) is 6.02. The van der Waals surface area contributed by atoms with Crippen molar-refractivity contribution in [1.29, 1.82) is 0 Å². The second-order valence-corrected chi connectivity index (χ2v) is 9.09. The molecule has 2 aliphatic rings. The number of aromatic nitrogens is 1. The number of nitrogens with zero attached hydrogens (tertiary/aromatic N) is 1. The summed E-state index contributed by atoms with van der Waals surface area (Å²) in [6.07, 6.45) is 7.09. The lowest BCUT2D eigenvalue weighted by atomic mass is 9.65. The molecule has 1 aliphatic heterocycles. The van der Waals surface area contributed by atoms with Gasteiger partial charge in [0.05, 0.1) is 0 Å². The molecule has 0 radical (unpaired) electrons. The molecule has 2 bridgehead atoms. The fraction of sp³-hybridized carbons (Fsp3) is 0.571. The third kappa shape index (κ3) is 2.74. The topological polar surface area (TPSA) is 36.1 Å². The van der Waals surface area contributed by atoms with Crippen LogP contribution in [0.25, 0.3) is 10.9 Å². The van der Waals surface area contributed by atoms with Gasteiger partial charge in [-0.25, -0.2) is 0 Å². The Morgan fingerprint density at radius 1 is 1.25 bits per heavy atom. The Bertz CT molecular complexity index is 775. The lowest BCUT2D eigenvalue weighted by molar-refractivity contribution is -0.132. The van der Waals surface area contributed by atoms with Crippen LogP contribution in [-0.4, -0.2) is 28.4 Å². The number of fused-ring (bicyclic) bond motifs is 3. The number of nitrogens with one attached hydrogen (secondary N) is 1. The number of rotatable bonds is 3. The van der Waals surface area contributed by atoms with Crippen molar-refractivity contribution in [2.75, 3.05) is 6.54 Å². The molecule has 1 saturated carbocycles. The van der Waals surface area contributed by atoms with Crippen LogP contribution in [0.1, 0.15) is 52.0 Å². The first-order valence-corrected chi connectivity index (χ1v) is 9.20. The minimum absolute atomic E-state index is 0.322. The number of amides is 1. The van der Waals surface area contributed by atoms with Crippen LogP contribution < -0.4 is 0 Å². The standard InChI is InChI=1S/C21H28N2O/c1-20(2)10-16-11-21(3,13-20)14-23(16)19(24)9-8-15-12-22-18-7-5-4-6-17(15)18/h4-7,12,16,22H,8-11,13-14H2,1-3H3/t16-,21-/m1/s1. The zero-order valence-corrected chi connectivity index (χ0v) is 15.1. The summed E-state index contributed by atoms with van der Waals surface area (Å²) in [6, 6.07) is 8.79. The normalized spacial score (nSPS) is 28.5. The van der Waals surface area contributed by atoms with Crippen molar-refractivity contribution in [3.63, 3.8) is 0 Å². The summed E-state index contributed by atoms with van der Waals surface area (Å²) in [5.41, 5.74) is 3.10. The molecule has 1 saturated heterocycles. The molecule has 1 amide bonds. The highest BCUT2D eigenvalue weighted by atomic mass is 16.2. The highest BCUT2D eigenvalue weighted by Gasteiger charge is 2.50. The predicted molar refractivity (Wildman–Crippen MR) is 97.9 cm³/mol. The van der Waals surface area contributed by atoms with Gasteiger partial charge in [0.1, 0.15) is 0 Å². The zero-order valence-electron chi connectivity index (χ0n) is 15.1. The Labute approximate surface area is 144 Å². The molecule has 4 rings (SSSR count). The first-order chi connectivity index (χ1) is 11.4. The van der Waals surface area contributed by atoms with Crippen LogP contribution >= 0.6 is 0 Å². The van der Waals surface area contributed by atoms with E-state index < -0.39 is 0 Å². The molecule has 0 spiro atoms. The van der Waals surface area contributed by atoms with E-state index in [4.69, 9.17) is 0 Å². The predicted octanol–water partition coefficient (Wildman–Crippen LogP) is 4.53. The van der Waals surface area contributed by atoms with Gasteiger partial charge in [-0.2, -0.15) is 0 Å². The maximum absolute atomic E-state index is 12.9. The van der Waals surface area contributed by atoms with Crippen molar-refractivity contribution >= 4 is 16.8 Å². The maximum atomic E-state index is 12.9. The van der Waals surface area contributed by atoms with Crippen molar-refractivity contribution in [2.24, 2.45) is 10.8 Å². The molecule has 2 aromatic rings. The minimum Gasteiger partial charge on any atom is -0.361 e. The molecular formula is C21H28N2O. The van der Waals surface area contributed by atoms with Crippen LogP contribution in [0.3, 0.4) is 0 Å². The second-order valence-electron chi connectivity index (χ2n) is 9.09. The van der Waals surface area contributed by atoms with Gasteiger partial charge in [-0.05, 0) is 48.1 Å². The van der Waals surface area contributed by atoms with Crippen LogP contribution in [0.2, 0.25) is 0 Å². The molecule has 1 aliphatic carbocycles. The molecular weight excluding hydrogens is 296 g/mol. The summed E-state index contributed by atoms with van der Waals surface area (Å²) < 4.78 is 0. The van der Waals surface area contributed by atoms with Gasteiger partial charge in [-0.1, -0.05) is 39.0 Å². The monoisotopic (exact) mass is 324 g/mol. The van der Waals surface area contributed by atoms with Gasteiger partial charge in [0.2, 0.25) is 5.91 Å². The van der Waals surface area contributed by atoms with Gasteiger partial charge in [-0.15, -0.1) is 0 Å². The average molecular weight is 324 g/mol. The van der Waals surface area contributed by atoms with E-state index in [0.29, 0.717) is 29.2 Å². The van der Waals surface area contributed by atoms with Crippen molar-refractivity contribution in [2.45, 2.75) is 58.9 Å². The van der Waals surface area contributed by atoms with Gasteiger partial charge in [-0.3, -0.25) is 4.79 Å². The zero-order chi connectivity index (χ0) is 16.9. The number of aryl methyl sites for hydroxylation is 1. The van der Waals surface area contributed by atoms with Gasteiger partial charge < -0.3 is 9.88 Å². The maximum Gasteiger partial charge on any atom is 0.223 e. The Balaban J connectivity index is 1.45. The summed E-state index contributed by atoms with van der Waals surface area (Å²) in [5, 5.41) is 1.25.